The summed E-state index contributed by atoms with van der Waals surface area (Å²) in [4.78, 5) is 15.2. The van der Waals surface area contributed by atoms with Crippen molar-refractivity contribution in [3.8, 4) is 22.3 Å². The normalized spacial score (nSPS) is 12.4. The van der Waals surface area contributed by atoms with Crippen LogP contribution in [-0.2, 0) is 22.0 Å². The maximum Gasteiger partial charge on any atom is 0.255 e. The van der Waals surface area contributed by atoms with E-state index in [-0.39, 0.29) is 17.5 Å². The van der Waals surface area contributed by atoms with Gasteiger partial charge < -0.3 is 9.40 Å². The second-order valence-corrected chi connectivity index (χ2v) is 10.8. The van der Waals surface area contributed by atoms with Crippen LogP contribution in [0.1, 0.15) is 31.9 Å². The third-order valence-electron chi connectivity index (χ3n) is 5.41. The average Bonchev–Trinajstić information content (AvgIpc) is 3.15. The van der Waals surface area contributed by atoms with Gasteiger partial charge in [0.15, 0.2) is 0 Å². The third kappa shape index (κ3) is 4.54. The highest BCUT2D eigenvalue weighted by Gasteiger charge is 2.23. The van der Waals surface area contributed by atoms with Crippen molar-refractivity contribution in [3.63, 3.8) is 0 Å². The molecule has 0 aliphatic rings. The number of aromatic nitrogens is 1. The number of aromatic amines is 1. The molecule has 0 fully saturated rings. The van der Waals surface area contributed by atoms with E-state index in [9.17, 15) is 13.2 Å². The molecule has 2 heterocycles. The quantitative estimate of drug-likeness (QED) is 0.457. The lowest BCUT2D eigenvalue weighted by Crippen LogP contribution is -2.21. The Labute approximate surface area is 187 Å². The molecule has 6 nitrogen and oxygen atoms in total. The maximum absolute atomic E-state index is 12.5. The fourth-order valence-electron chi connectivity index (χ4n) is 3.74. The van der Waals surface area contributed by atoms with E-state index in [4.69, 9.17) is 4.42 Å². The fraction of sp³-hybridized carbons (Fsp3) is 0.240. The number of rotatable bonds is 5. The molecule has 0 saturated heterocycles. The number of benzene rings is 2. The standard InChI is InChI=1S/C25H26N2O4S/c1-25(2,3)22-13-18(19-6-5-11-26-24(19)28)12-20-21(15-31-23(20)22)17-9-7-16(8-10-17)14-27-32(4,29)30/h5-13,15,27H,14H2,1-4H3,(H,26,28). The highest BCUT2D eigenvalue weighted by Crippen LogP contribution is 2.39. The Kier molecular flexibility index (Phi) is 5.56. The molecular formula is C25H26N2O4S. The van der Waals surface area contributed by atoms with Crippen LogP contribution in [0, 0.1) is 0 Å². The molecule has 2 aromatic heterocycles. The van der Waals surface area contributed by atoms with Crippen LogP contribution in [0.25, 0.3) is 33.2 Å². The molecule has 0 spiro atoms. The second kappa shape index (κ2) is 8.07. The summed E-state index contributed by atoms with van der Waals surface area (Å²) in [7, 11) is -3.25. The summed E-state index contributed by atoms with van der Waals surface area (Å²) in [5.41, 5.74) is 5.66. The van der Waals surface area contributed by atoms with Gasteiger partial charge in [-0.3, -0.25) is 4.79 Å². The van der Waals surface area contributed by atoms with Gasteiger partial charge in [0.05, 0.1) is 12.5 Å². The average molecular weight is 451 g/mol. The zero-order valence-electron chi connectivity index (χ0n) is 18.5. The summed E-state index contributed by atoms with van der Waals surface area (Å²) >= 11 is 0. The Morgan fingerprint density at radius 3 is 2.34 bits per heavy atom. The van der Waals surface area contributed by atoms with Gasteiger partial charge in [0, 0.05) is 34.8 Å². The van der Waals surface area contributed by atoms with Crippen LogP contribution in [0.3, 0.4) is 0 Å². The molecule has 2 N–H and O–H groups in total. The number of hydrogen-bond acceptors (Lipinski definition) is 4. The van der Waals surface area contributed by atoms with Crippen molar-refractivity contribution >= 4 is 21.0 Å². The first-order valence-electron chi connectivity index (χ1n) is 10.3. The summed E-state index contributed by atoms with van der Waals surface area (Å²) in [6, 6.07) is 15.3. The second-order valence-electron chi connectivity index (χ2n) is 9.00. The molecule has 0 atom stereocenters. The lowest BCUT2D eigenvalue weighted by Gasteiger charge is -2.20. The minimum absolute atomic E-state index is 0.139. The van der Waals surface area contributed by atoms with Crippen molar-refractivity contribution in [1.29, 1.82) is 0 Å². The van der Waals surface area contributed by atoms with E-state index in [0.29, 0.717) is 5.56 Å². The molecule has 0 aliphatic carbocycles. The first-order chi connectivity index (χ1) is 15.0. The molecule has 7 heteroatoms. The minimum atomic E-state index is -3.25. The molecule has 0 unspecified atom stereocenters. The number of fused-ring (bicyclic) bond motifs is 1. The molecule has 0 saturated carbocycles. The number of pyridine rings is 1. The number of nitrogens with one attached hydrogen (secondary N) is 2. The Balaban J connectivity index is 1.84. The summed E-state index contributed by atoms with van der Waals surface area (Å²) in [6.07, 6.45) is 4.50. The van der Waals surface area contributed by atoms with Gasteiger partial charge in [0.2, 0.25) is 10.0 Å². The first kappa shape index (κ1) is 22.0. The Morgan fingerprint density at radius 2 is 1.72 bits per heavy atom. The number of H-pyrrole nitrogens is 1. The Bertz CT molecular complexity index is 1440. The fourth-order valence-corrected chi connectivity index (χ4v) is 4.17. The monoisotopic (exact) mass is 450 g/mol. The number of hydrogen-bond donors (Lipinski definition) is 2. The van der Waals surface area contributed by atoms with Gasteiger partial charge in [-0.1, -0.05) is 45.0 Å². The molecule has 166 valence electrons. The van der Waals surface area contributed by atoms with E-state index < -0.39 is 10.0 Å². The van der Waals surface area contributed by atoms with Crippen molar-refractivity contribution in [2.45, 2.75) is 32.7 Å². The van der Waals surface area contributed by atoms with Crippen molar-refractivity contribution in [3.05, 3.63) is 82.5 Å². The van der Waals surface area contributed by atoms with E-state index >= 15 is 0 Å². The molecule has 4 rings (SSSR count). The van der Waals surface area contributed by atoms with Crippen LogP contribution in [0.15, 0.2) is 70.2 Å². The van der Waals surface area contributed by atoms with Gasteiger partial charge in [-0.05, 0) is 46.4 Å². The third-order valence-corrected chi connectivity index (χ3v) is 6.08. The van der Waals surface area contributed by atoms with Crippen LogP contribution in [0.2, 0.25) is 0 Å². The lowest BCUT2D eigenvalue weighted by atomic mass is 9.83. The maximum atomic E-state index is 12.5. The zero-order valence-corrected chi connectivity index (χ0v) is 19.3. The minimum Gasteiger partial charge on any atom is -0.463 e. The molecule has 0 bridgehead atoms. The molecule has 0 aliphatic heterocycles. The predicted octanol–water partition coefficient (Wildman–Crippen LogP) is 4.80. The summed E-state index contributed by atoms with van der Waals surface area (Å²) in [6.45, 7) is 6.59. The molecule has 0 radical (unpaired) electrons. The van der Waals surface area contributed by atoms with Crippen molar-refractivity contribution < 1.29 is 12.8 Å². The summed E-state index contributed by atoms with van der Waals surface area (Å²) in [5.74, 6) is 0. The predicted molar refractivity (Wildman–Crippen MR) is 128 cm³/mol. The summed E-state index contributed by atoms with van der Waals surface area (Å²) in [5, 5.41) is 0.928. The van der Waals surface area contributed by atoms with Gasteiger partial charge >= 0.3 is 0 Å². The number of furan rings is 1. The van der Waals surface area contributed by atoms with E-state index in [1.54, 1.807) is 12.5 Å². The molecule has 32 heavy (non-hydrogen) atoms. The lowest BCUT2D eigenvalue weighted by molar-refractivity contribution is 0.559. The van der Waals surface area contributed by atoms with Gasteiger partial charge in [-0.25, -0.2) is 13.1 Å². The zero-order chi connectivity index (χ0) is 23.1. The molecule has 2 aromatic carbocycles. The SMILES string of the molecule is CC(C)(C)c1cc(-c2ccc[nH]c2=O)cc2c(-c3ccc(CNS(C)(=O)=O)cc3)coc12. The molecular weight excluding hydrogens is 424 g/mol. The highest BCUT2D eigenvalue weighted by molar-refractivity contribution is 7.88. The largest absolute Gasteiger partial charge is 0.463 e. The van der Waals surface area contributed by atoms with Gasteiger partial charge in [-0.15, -0.1) is 0 Å². The topological polar surface area (TPSA) is 92.2 Å². The smallest absolute Gasteiger partial charge is 0.255 e. The summed E-state index contributed by atoms with van der Waals surface area (Å²) < 4.78 is 31.2. The van der Waals surface area contributed by atoms with Crippen LogP contribution in [-0.4, -0.2) is 19.7 Å². The van der Waals surface area contributed by atoms with Gasteiger partial charge in [-0.2, -0.15) is 0 Å². The van der Waals surface area contributed by atoms with E-state index in [0.717, 1.165) is 45.0 Å². The van der Waals surface area contributed by atoms with Gasteiger partial charge in [0.25, 0.3) is 5.56 Å². The van der Waals surface area contributed by atoms with E-state index in [1.165, 1.54) is 0 Å². The van der Waals surface area contributed by atoms with Crippen molar-refractivity contribution in [1.82, 2.24) is 9.71 Å². The van der Waals surface area contributed by atoms with E-state index in [2.05, 4.69) is 30.5 Å². The number of sulfonamides is 1. The van der Waals surface area contributed by atoms with Crippen LogP contribution in [0.5, 0.6) is 0 Å². The van der Waals surface area contributed by atoms with Crippen molar-refractivity contribution in [2.75, 3.05) is 6.26 Å². The van der Waals surface area contributed by atoms with Crippen molar-refractivity contribution in [2.24, 2.45) is 0 Å². The van der Waals surface area contributed by atoms with Crippen LogP contribution >= 0.6 is 0 Å². The first-order valence-corrected chi connectivity index (χ1v) is 12.2. The molecule has 0 amide bonds. The highest BCUT2D eigenvalue weighted by atomic mass is 32.2. The van der Waals surface area contributed by atoms with Crippen LogP contribution < -0.4 is 10.3 Å². The van der Waals surface area contributed by atoms with Crippen LogP contribution in [0.4, 0.5) is 0 Å². The van der Waals surface area contributed by atoms with Gasteiger partial charge in [0.1, 0.15) is 5.58 Å². The Morgan fingerprint density at radius 1 is 1.00 bits per heavy atom. The Hall–Kier alpha value is -3.16. The van der Waals surface area contributed by atoms with E-state index in [1.807, 2.05) is 48.5 Å². The molecule has 4 aromatic rings.